The quantitative estimate of drug-likeness (QED) is 0.619. The first-order chi connectivity index (χ1) is 14.6. The summed E-state index contributed by atoms with van der Waals surface area (Å²) in [5, 5.41) is 14.1. The first-order valence-electron chi connectivity index (χ1n) is 10.1. The first-order valence-corrected chi connectivity index (χ1v) is 10.5. The highest BCUT2D eigenvalue weighted by atomic mass is 35.5. The van der Waals surface area contributed by atoms with Crippen molar-refractivity contribution in [1.29, 1.82) is 0 Å². The Morgan fingerprint density at radius 1 is 1.10 bits per heavy atom. The highest BCUT2D eigenvalue weighted by molar-refractivity contribution is 6.31. The van der Waals surface area contributed by atoms with Crippen molar-refractivity contribution >= 4 is 17.7 Å². The third-order valence-electron chi connectivity index (χ3n) is 5.62. The number of ether oxygens (including phenoxy) is 1. The van der Waals surface area contributed by atoms with E-state index in [-0.39, 0.29) is 6.09 Å². The fourth-order valence-corrected chi connectivity index (χ4v) is 4.16. The molecule has 0 bridgehead atoms. The van der Waals surface area contributed by atoms with Gasteiger partial charge in [0.15, 0.2) is 5.82 Å². The fourth-order valence-electron chi connectivity index (χ4n) is 3.97. The molecule has 1 aliphatic rings. The Bertz CT molecular complexity index is 1000. The molecule has 0 radical (unpaired) electrons. The number of hydrogen-bond donors (Lipinski definition) is 0. The average Bonchev–Trinajstić information content (AvgIpc) is 3.25. The third-order valence-corrected chi connectivity index (χ3v) is 5.99. The largest absolute Gasteiger partial charge is 0.450 e. The topological polar surface area (TPSA) is 73.1 Å². The van der Waals surface area contributed by atoms with Gasteiger partial charge in [0.05, 0.1) is 18.6 Å². The summed E-state index contributed by atoms with van der Waals surface area (Å²) < 4.78 is 5.17. The number of aromatic nitrogens is 4. The Morgan fingerprint density at radius 2 is 1.80 bits per heavy atom. The van der Waals surface area contributed by atoms with E-state index in [9.17, 15) is 4.79 Å². The molecule has 0 atom stereocenters. The first kappa shape index (κ1) is 20.3. The molecule has 1 aliphatic heterocycles. The van der Waals surface area contributed by atoms with Crippen LogP contribution in [0.3, 0.4) is 0 Å². The molecule has 1 aromatic heterocycles. The molecule has 0 saturated carbocycles. The van der Waals surface area contributed by atoms with Crippen LogP contribution in [0.25, 0.3) is 0 Å². The van der Waals surface area contributed by atoms with Gasteiger partial charge in [0, 0.05) is 18.1 Å². The number of carbonyl (C=O) groups excluding carboxylic acids is 1. The summed E-state index contributed by atoms with van der Waals surface area (Å²) >= 11 is 6.29. The van der Waals surface area contributed by atoms with Crippen molar-refractivity contribution in [3.8, 4) is 0 Å². The summed E-state index contributed by atoms with van der Waals surface area (Å²) in [6.07, 6.45) is 1.14. The number of likely N-dealkylation sites (tertiary alicyclic amines) is 1. The lowest BCUT2D eigenvalue weighted by Gasteiger charge is -2.39. The summed E-state index contributed by atoms with van der Waals surface area (Å²) in [4.78, 5) is 15.5. The predicted molar refractivity (Wildman–Crippen MR) is 113 cm³/mol. The van der Waals surface area contributed by atoms with Crippen LogP contribution in [0, 0.1) is 0 Å². The molecule has 7 nitrogen and oxygen atoms in total. The highest BCUT2D eigenvalue weighted by Gasteiger charge is 2.42. The molecule has 30 heavy (non-hydrogen) atoms. The Hall–Kier alpha value is -2.93. The number of benzene rings is 2. The lowest BCUT2D eigenvalue weighted by Crippen LogP contribution is -2.46. The van der Waals surface area contributed by atoms with E-state index in [4.69, 9.17) is 21.4 Å². The van der Waals surface area contributed by atoms with Gasteiger partial charge in [-0.3, -0.25) is 0 Å². The van der Waals surface area contributed by atoms with Gasteiger partial charge in [0.25, 0.3) is 0 Å². The number of piperidine rings is 1. The molecule has 156 valence electrons. The van der Waals surface area contributed by atoms with E-state index in [1.165, 1.54) is 0 Å². The van der Waals surface area contributed by atoms with E-state index >= 15 is 0 Å². The van der Waals surface area contributed by atoms with E-state index in [1.54, 1.807) is 9.70 Å². The Kier molecular flexibility index (Phi) is 5.99. The lowest BCUT2D eigenvalue weighted by molar-refractivity contribution is 0.0897. The van der Waals surface area contributed by atoms with Crippen molar-refractivity contribution in [3.63, 3.8) is 0 Å². The molecule has 2 heterocycles. The lowest BCUT2D eigenvalue weighted by atomic mass is 9.72. The van der Waals surface area contributed by atoms with Gasteiger partial charge >= 0.3 is 6.09 Å². The van der Waals surface area contributed by atoms with Crippen LogP contribution in [0.1, 0.15) is 36.7 Å². The van der Waals surface area contributed by atoms with E-state index in [2.05, 4.69) is 22.4 Å². The maximum absolute atomic E-state index is 12.2. The minimum Gasteiger partial charge on any atom is -0.450 e. The SMILES string of the molecule is CCOC(=O)N1CCC(c2ccccc2)(c2nnn(Cc3ccccc3Cl)n2)CC1. The number of carbonyl (C=O) groups is 1. The zero-order valence-corrected chi connectivity index (χ0v) is 17.6. The van der Waals surface area contributed by atoms with Crippen LogP contribution in [0.5, 0.6) is 0 Å². The number of tetrazole rings is 1. The number of nitrogens with zero attached hydrogens (tertiary/aromatic N) is 5. The standard InChI is InChI=1S/C22H24ClN5O2/c1-2-30-21(29)27-14-12-22(13-15-27,18-9-4-3-5-10-18)20-24-26-28(25-20)16-17-8-6-7-11-19(17)23/h3-11H,2,12-16H2,1H3. The third kappa shape index (κ3) is 4.03. The summed E-state index contributed by atoms with van der Waals surface area (Å²) in [6.45, 7) is 3.79. The minimum atomic E-state index is -0.400. The van der Waals surface area contributed by atoms with Gasteiger partial charge in [-0.15, -0.1) is 10.2 Å². The van der Waals surface area contributed by atoms with Gasteiger partial charge in [-0.2, -0.15) is 4.80 Å². The van der Waals surface area contributed by atoms with Gasteiger partial charge in [0.2, 0.25) is 0 Å². The van der Waals surface area contributed by atoms with E-state index < -0.39 is 5.41 Å². The maximum atomic E-state index is 12.2. The van der Waals surface area contributed by atoms with Crippen molar-refractivity contribution in [2.45, 2.75) is 31.7 Å². The second-order valence-corrected chi connectivity index (χ2v) is 7.78. The van der Waals surface area contributed by atoms with Crippen LogP contribution in [0.4, 0.5) is 4.79 Å². The number of hydrogen-bond acceptors (Lipinski definition) is 5. The molecule has 1 amide bonds. The molecule has 8 heteroatoms. The van der Waals surface area contributed by atoms with Crippen LogP contribution < -0.4 is 0 Å². The van der Waals surface area contributed by atoms with E-state index in [0.717, 1.165) is 11.1 Å². The summed E-state index contributed by atoms with van der Waals surface area (Å²) in [5.74, 6) is 0.671. The van der Waals surface area contributed by atoms with Crippen molar-refractivity contribution in [2.75, 3.05) is 19.7 Å². The summed E-state index contributed by atoms with van der Waals surface area (Å²) in [5.41, 5.74) is 1.67. The van der Waals surface area contributed by atoms with Crippen LogP contribution in [-0.4, -0.2) is 50.9 Å². The molecule has 0 unspecified atom stereocenters. The molecular weight excluding hydrogens is 402 g/mol. The molecule has 0 spiro atoms. The molecule has 1 fully saturated rings. The van der Waals surface area contributed by atoms with Crippen LogP contribution >= 0.6 is 11.6 Å². The average molecular weight is 426 g/mol. The van der Waals surface area contributed by atoms with Crippen molar-refractivity contribution in [2.24, 2.45) is 0 Å². The molecular formula is C22H24ClN5O2. The number of rotatable bonds is 5. The van der Waals surface area contributed by atoms with Crippen molar-refractivity contribution in [3.05, 3.63) is 76.6 Å². The number of halogens is 1. The Morgan fingerprint density at radius 3 is 2.50 bits per heavy atom. The van der Waals surface area contributed by atoms with Crippen molar-refractivity contribution in [1.82, 2.24) is 25.1 Å². The van der Waals surface area contributed by atoms with Gasteiger partial charge < -0.3 is 9.64 Å². The summed E-state index contributed by atoms with van der Waals surface area (Å²) in [7, 11) is 0. The normalized spacial score (nSPS) is 15.7. The van der Waals surface area contributed by atoms with E-state index in [1.807, 2.05) is 49.4 Å². The van der Waals surface area contributed by atoms with Gasteiger partial charge in [-0.05, 0) is 42.2 Å². The zero-order chi connectivity index (χ0) is 21.0. The Balaban J connectivity index is 1.61. The number of amides is 1. The van der Waals surface area contributed by atoms with E-state index in [0.29, 0.717) is 49.9 Å². The maximum Gasteiger partial charge on any atom is 0.409 e. The smallest absolute Gasteiger partial charge is 0.409 e. The zero-order valence-electron chi connectivity index (χ0n) is 16.9. The van der Waals surface area contributed by atoms with Crippen LogP contribution in [0.2, 0.25) is 5.02 Å². The highest BCUT2D eigenvalue weighted by Crippen LogP contribution is 2.40. The fraction of sp³-hybridized carbons (Fsp3) is 0.364. The molecule has 2 aromatic carbocycles. The molecule has 1 saturated heterocycles. The second-order valence-electron chi connectivity index (χ2n) is 7.37. The second kappa shape index (κ2) is 8.83. The molecule has 3 aromatic rings. The molecule has 4 rings (SSSR count). The van der Waals surface area contributed by atoms with Crippen molar-refractivity contribution < 1.29 is 9.53 Å². The molecule has 0 aliphatic carbocycles. The molecule has 0 N–H and O–H groups in total. The van der Waals surface area contributed by atoms with Gasteiger partial charge in [-0.25, -0.2) is 4.79 Å². The summed E-state index contributed by atoms with van der Waals surface area (Å²) in [6, 6.07) is 17.9. The van der Waals surface area contributed by atoms with Crippen LogP contribution in [0.15, 0.2) is 54.6 Å². The van der Waals surface area contributed by atoms with Gasteiger partial charge in [0.1, 0.15) is 0 Å². The predicted octanol–water partition coefficient (Wildman–Crippen LogP) is 3.91. The van der Waals surface area contributed by atoms with Gasteiger partial charge in [-0.1, -0.05) is 60.1 Å². The van der Waals surface area contributed by atoms with Crippen LogP contribution in [-0.2, 0) is 16.7 Å². The minimum absolute atomic E-state index is 0.269. The Labute approximate surface area is 180 Å². The monoisotopic (exact) mass is 425 g/mol.